The number of hydrogen-bond acceptors (Lipinski definition) is 3. The van der Waals surface area contributed by atoms with Crippen LogP contribution in [0.4, 0.5) is 10.1 Å². The molecule has 0 aliphatic carbocycles. The first-order valence-corrected chi connectivity index (χ1v) is 6.29. The standard InChI is InChI=1S/C12H16BrFN2O2/c1-8(17)6-16(2)7-12(18)15-11-4-3-9(13)5-10(11)14/h3-5,8,17H,6-7H2,1-2H3,(H,15,18). The summed E-state index contributed by atoms with van der Waals surface area (Å²) in [7, 11) is 1.71. The van der Waals surface area contributed by atoms with Crippen LogP contribution in [0.5, 0.6) is 0 Å². The molecule has 1 aromatic carbocycles. The van der Waals surface area contributed by atoms with Crippen LogP contribution in [0.1, 0.15) is 6.92 Å². The SMILES string of the molecule is CC(O)CN(C)CC(=O)Nc1ccc(Br)cc1F. The lowest BCUT2D eigenvalue weighted by atomic mass is 10.3. The monoisotopic (exact) mass is 318 g/mol. The molecule has 0 aliphatic rings. The van der Waals surface area contributed by atoms with Crippen LogP contribution in [0, 0.1) is 5.82 Å². The summed E-state index contributed by atoms with van der Waals surface area (Å²) in [6.07, 6.45) is -0.507. The Kier molecular flexibility index (Phi) is 5.71. The molecule has 1 rings (SSSR count). The largest absolute Gasteiger partial charge is 0.392 e. The fraction of sp³-hybridized carbons (Fsp3) is 0.417. The zero-order valence-corrected chi connectivity index (χ0v) is 11.9. The Labute approximate surface area is 114 Å². The van der Waals surface area contributed by atoms with E-state index in [9.17, 15) is 9.18 Å². The average molecular weight is 319 g/mol. The van der Waals surface area contributed by atoms with Gasteiger partial charge in [0.05, 0.1) is 18.3 Å². The number of rotatable bonds is 5. The van der Waals surface area contributed by atoms with Crippen LogP contribution in [-0.2, 0) is 4.79 Å². The van der Waals surface area contributed by atoms with Crippen LogP contribution < -0.4 is 5.32 Å². The maximum Gasteiger partial charge on any atom is 0.238 e. The molecule has 0 aromatic heterocycles. The normalized spacial score (nSPS) is 12.6. The van der Waals surface area contributed by atoms with Crippen molar-refractivity contribution in [3.05, 3.63) is 28.5 Å². The minimum Gasteiger partial charge on any atom is -0.392 e. The summed E-state index contributed by atoms with van der Waals surface area (Å²) in [5, 5.41) is 11.6. The zero-order chi connectivity index (χ0) is 13.7. The molecule has 0 bridgehead atoms. The number of hydrogen-bond donors (Lipinski definition) is 2. The molecular formula is C12H16BrFN2O2. The van der Waals surface area contributed by atoms with E-state index < -0.39 is 11.9 Å². The fourth-order valence-electron chi connectivity index (χ4n) is 1.54. The topological polar surface area (TPSA) is 52.6 Å². The molecule has 1 aromatic rings. The van der Waals surface area contributed by atoms with Crippen LogP contribution in [-0.4, -0.2) is 42.2 Å². The Hall–Kier alpha value is -0.980. The van der Waals surface area contributed by atoms with Gasteiger partial charge < -0.3 is 10.4 Å². The molecule has 6 heteroatoms. The summed E-state index contributed by atoms with van der Waals surface area (Å²) in [6, 6.07) is 4.43. The van der Waals surface area contributed by atoms with Gasteiger partial charge in [-0.15, -0.1) is 0 Å². The zero-order valence-electron chi connectivity index (χ0n) is 10.3. The number of benzene rings is 1. The summed E-state index contributed by atoms with van der Waals surface area (Å²) < 4.78 is 14.1. The number of nitrogens with zero attached hydrogens (tertiary/aromatic N) is 1. The lowest BCUT2D eigenvalue weighted by Gasteiger charge is -2.17. The number of anilines is 1. The Bertz CT molecular complexity index is 427. The predicted octanol–water partition coefficient (Wildman–Crippen LogP) is 1.84. The average Bonchev–Trinajstić information content (AvgIpc) is 2.20. The van der Waals surface area contributed by atoms with Crippen molar-refractivity contribution in [3.8, 4) is 0 Å². The lowest BCUT2D eigenvalue weighted by molar-refractivity contribution is -0.117. The van der Waals surface area contributed by atoms with Crippen LogP contribution in [0.3, 0.4) is 0 Å². The molecule has 100 valence electrons. The van der Waals surface area contributed by atoms with E-state index in [0.29, 0.717) is 11.0 Å². The molecule has 0 saturated heterocycles. The van der Waals surface area contributed by atoms with Crippen molar-refractivity contribution in [3.63, 3.8) is 0 Å². The number of nitrogens with one attached hydrogen (secondary N) is 1. The van der Waals surface area contributed by atoms with Gasteiger partial charge in [0, 0.05) is 11.0 Å². The maximum absolute atomic E-state index is 13.5. The highest BCUT2D eigenvalue weighted by Gasteiger charge is 2.11. The van der Waals surface area contributed by atoms with E-state index in [1.165, 1.54) is 12.1 Å². The quantitative estimate of drug-likeness (QED) is 0.871. The van der Waals surface area contributed by atoms with Gasteiger partial charge >= 0.3 is 0 Å². The molecular weight excluding hydrogens is 303 g/mol. The van der Waals surface area contributed by atoms with Gasteiger partial charge in [-0.05, 0) is 32.2 Å². The maximum atomic E-state index is 13.5. The van der Waals surface area contributed by atoms with Gasteiger partial charge in [-0.1, -0.05) is 15.9 Å². The summed E-state index contributed by atoms with van der Waals surface area (Å²) in [5.74, 6) is -0.810. The smallest absolute Gasteiger partial charge is 0.238 e. The van der Waals surface area contributed by atoms with Crippen molar-refractivity contribution < 1.29 is 14.3 Å². The van der Waals surface area contributed by atoms with Crippen molar-refractivity contribution in [1.82, 2.24) is 4.90 Å². The number of aliphatic hydroxyl groups is 1. The minimum absolute atomic E-state index is 0.0976. The Morgan fingerprint density at radius 1 is 1.61 bits per heavy atom. The summed E-state index contributed by atoms with van der Waals surface area (Å²) in [5.41, 5.74) is 0.147. The summed E-state index contributed by atoms with van der Waals surface area (Å²) >= 11 is 3.14. The molecule has 18 heavy (non-hydrogen) atoms. The summed E-state index contributed by atoms with van der Waals surface area (Å²) in [4.78, 5) is 13.3. The van der Waals surface area contributed by atoms with Crippen LogP contribution in [0.2, 0.25) is 0 Å². The van der Waals surface area contributed by atoms with Crippen molar-refractivity contribution in [2.45, 2.75) is 13.0 Å². The first kappa shape index (κ1) is 15.1. The molecule has 0 radical (unpaired) electrons. The van der Waals surface area contributed by atoms with Crippen molar-refractivity contribution in [1.29, 1.82) is 0 Å². The highest BCUT2D eigenvalue weighted by atomic mass is 79.9. The van der Waals surface area contributed by atoms with Gasteiger partial charge in [0.25, 0.3) is 0 Å². The lowest BCUT2D eigenvalue weighted by Crippen LogP contribution is -2.34. The first-order chi connectivity index (χ1) is 8.38. The fourth-order valence-corrected chi connectivity index (χ4v) is 1.87. The van der Waals surface area contributed by atoms with Crippen molar-refractivity contribution in [2.24, 2.45) is 0 Å². The van der Waals surface area contributed by atoms with E-state index >= 15 is 0 Å². The van der Waals surface area contributed by atoms with E-state index in [-0.39, 0.29) is 18.1 Å². The van der Waals surface area contributed by atoms with E-state index in [1.807, 2.05) is 0 Å². The highest BCUT2D eigenvalue weighted by Crippen LogP contribution is 2.19. The van der Waals surface area contributed by atoms with Crippen molar-refractivity contribution >= 4 is 27.5 Å². The van der Waals surface area contributed by atoms with Crippen molar-refractivity contribution in [2.75, 3.05) is 25.5 Å². The molecule has 0 heterocycles. The number of carbonyl (C=O) groups is 1. The van der Waals surface area contributed by atoms with E-state index in [4.69, 9.17) is 5.11 Å². The molecule has 2 N–H and O–H groups in total. The third-order valence-electron chi connectivity index (χ3n) is 2.19. The molecule has 0 saturated carbocycles. The molecule has 1 unspecified atom stereocenters. The minimum atomic E-state index is -0.507. The molecule has 0 spiro atoms. The van der Waals surface area contributed by atoms with E-state index in [1.54, 1.807) is 24.9 Å². The first-order valence-electron chi connectivity index (χ1n) is 5.50. The number of carbonyl (C=O) groups excluding carboxylic acids is 1. The number of likely N-dealkylation sites (N-methyl/N-ethyl adjacent to an activating group) is 1. The Morgan fingerprint density at radius 2 is 2.28 bits per heavy atom. The summed E-state index contributed by atoms with van der Waals surface area (Å²) in [6.45, 7) is 2.12. The second-order valence-electron chi connectivity index (χ2n) is 4.22. The second-order valence-corrected chi connectivity index (χ2v) is 5.13. The molecule has 1 amide bonds. The predicted molar refractivity (Wildman–Crippen MR) is 71.9 cm³/mol. The number of aliphatic hydroxyl groups excluding tert-OH is 1. The van der Waals surface area contributed by atoms with Crippen LogP contribution >= 0.6 is 15.9 Å². The van der Waals surface area contributed by atoms with Gasteiger partial charge in [0.15, 0.2) is 0 Å². The number of amides is 1. The molecule has 0 aliphatic heterocycles. The third-order valence-corrected chi connectivity index (χ3v) is 2.69. The number of halogens is 2. The van der Waals surface area contributed by atoms with Gasteiger partial charge in [-0.3, -0.25) is 9.69 Å². The molecule has 4 nitrogen and oxygen atoms in total. The van der Waals surface area contributed by atoms with E-state index in [0.717, 1.165) is 0 Å². The van der Waals surface area contributed by atoms with Gasteiger partial charge in [0.1, 0.15) is 5.82 Å². The van der Waals surface area contributed by atoms with Gasteiger partial charge in [-0.2, -0.15) is 0 Å². The van der Waals surface area contributed by atoms with Crippen LogP contribution in [0.25, 0.3) is 0 Å². The Morgan fingerprint density at radius 3 is 2.83 bits per heavy atom. The van der Waals surface area contributed by atoms with Gasteiger partial charge in [0.2, 0.25) is 5.91 Å². The highest BCUT2D eigenvalue weighted by molar-refractivity contribution is 9.10. The van der Waals surface area contributed by atoms with Gasteiger partial charge in [-0.25, -0.2) is 4.39 Å². The second kappa shape index (κ2) is 6.82. The molecule has 0 fully saturated rings. The van der Waals surface area contributed by atoms with Crippen LogP contribution in [0.15, 0.2) is 22.7 Å². The third kappa shape index (κ3) is 5.12. The molecule has 1 atom stereocenters. The Balaban J connectivity index is 2.54. The van der Waals surface area contributed by atoms with E-state index in [2.05, 4.69) is 21.2 Å².